The molecule has 9 heteroatoms. The Morgan fingerprint density at radius 1 is 1.10 bits per heavy atom. The highest BCUT2D eigenvalue weighted by molar-refractivity contribution is 14.1. The van der Waals surface area contributed by atoms with E-state index in [1.165, 1.54) is 12.1 Å². The number of anilines is 1. The van der Waals surface area contributed by atoms with E-state index in [0.29, 0.717) is 5.69 Å². The molecule has 0 spiro atoms. The van der Waals surface area contributed by atoms with E-state index in [1.807, 2.05) is 34.8 Å². The number of piperazine rings is 1. The highest BCUT2D eigenvalue weighted by Gasteiger charge is 2.17. The van der Waals surface area contributed by atoms with Crippen LogP contribution in [-0.2, 0) is 0 Å². The molecule has 0 aliphatic carbocycles. The highest BCUT2D eigenvalue weighted by Crippen LogP contribution is 2.20. The molecular weight excluding hydrogens is 535 g/mol. The van der Waals surface area contributed by atoms with Crippen molar-refractivity contribution in [1.82, 2.24) is 19.7 Å². The van der Waals surface area contributed by atoms with Gasteiger partial charge in [0.1, 0.15) is 11.6 Å². The first-order valence-corrected chi connectivity index (χ1v) is 10.8. The predicted molar refractivity (Wildman–Crippen MR) is 130 cm³/mol. The smallest absolute Gasteiger partial charge is 0.167 e. The molecule has 1 aliphatic heterocycles. The summed E-state index contributed by atoms with van der Waals surface area (Å²) in [4.78, 5) is 8.77. The Hall–Kier alpha value is -2.04. The van der Waals surface area contributed by atoms with Gasteiger partial charge in [-0.2, -0.15) is 5.10 Å². The Kier molecular flexibility index (Phi) is 8.01. The van der Waals surface area contributed by atoms with Crippen molar-refractivity contribution in [3.05, 3.63) is 75.3 Å². The van der Waals surface area contributed by atoms with E-state index in [-0.39, 0.29) is 12.4 Å². The maximum atomic E-state index is 13.5. The number of nitrogens with zero attached hydrogens (tertiary/aromatic N) is 5. The average molecular weight is 558 g/mol. The third-order valence-electron chi connectivity index (χ3n) is 5.23. The lowest BCUT2D eigenvalue weighted by molar-refractivity contribution is 0.284. The summed E-state index contributed by atoms with van der Waals surface area (Å²) in [5, 5.41) is 4.49. The maximum Gasteiger partial charge on any atom is 0.167 e. The van der Waals surface area contributed by atoms with Crippen molar-refractivity contribution in [3.8, 4) is 5.82 Å². The zero-order valence-electron chi connectivity index (χ0n) is 17.0. The Labute approximate surface area is 200 Å². The Morgan fingerprint density at radius 2 is 1.81 bits per heavy atom. The fourth-order valence-corrected chi connectivity index (χ4v) is 4.15. The molecule has 0 radical (unpaired) electrons. The fraction of sp³-hybridized carbons (Fsp3) is 0.273. The second-order valence-corrected chi connectivity index (χ2v) is 8.39. The van der Waals surface area contributed by atoms with Gasteiger partial charge in [0.15, 0.2) is 5.82 Å². The highest BCUT2D eigenvalue weighted by atomic mass is 127. The Balaban J connectivity index is 0.00000272. The number of hydrogen-bond donors (Lipinski definition) is 0. The van der Waals surface area contributed by atoms with Crippen LogP contribution in [0.3, 0.4) is 0 Å². The monoisotopic (exact) mass is 557 g/mol. The molecule has 0 atom stereocenters. The van der Waals surface area contributed by atoms with E-state index < -0.39 is 11.6 Å². The van der Waals surface area contributed by atoms with Crippen molar-refractivity contribution in [1.29, 1.82) is 0 Å². The number of benzene rings is 1. The van der Waals surface area contributed by atoms with Crippen molar-refractivity contribution in [3.63, 3.8) is 0 Å². The first-order chi connectivity index (χ1) is 14.5. The molecule has 0 saturated carbocycles. The molecule has 3 heterocycles. The number of rotatable bonds is 5. The van der Waals surface area contributed by atoms with Crippen LogP contribution >= 0.6 is 35.0 Å². The van der Waals surface area contributed by atoms with Crippen LogP contribution in [0.2, 0.25) is 0 Å². The van der Waals surface area contributed by atoms with Gasteiger partial charge < -0.3 is 4.90 Å². The number of hydrogen-bond acceptors (Lipinski definition) is 4. The second-order valence-electron chi connectivity index (χ2n) is 7.22. The summed E-state index contributed by atoms with van der Waals surface area (Å²) < 4.78 is 29.8. The van der Waals surface area contributed by atoms with Gasteiger partial charge in [0.05, 0.1) is 15.5 Å². The van der Waals surface area contributed by atoms with Crippen molar-refractivity contribution < 1.29 is 8.78 Å². The van der Waals surface area contributed by atoms with Crippen LogP contribution in [-0.4, -0.2) is 52.4 Å². The molecule has 1 aromatic carbocycles. The van der Waals surface area contributed by atoms with Crippen LogP contribution in [0.25, 0.3) is 11.9 Å². The van der Waals surface area contributed by atoms with Gasteiger partial charge in [0.25, 0.3) is 0 Å². The van der Waals surface area contributed by atoms with E-state index in [9.17, 15) is 8.78 Å². The van der Waals surface area contributed by atoms with Crippen molar-refractivity contribution >= 4 is 46.8 Å². The van der Waals surface area contributed by atoms with Crippen molar-refractivity contribution in [2.75, 3.05) is 37.6 Å². The van der Waals surface area contributed by atoms with Crippen LogP contribution in [0.5, 0.6) is 0 Å². The quantitative estimate of drug-likeness (QED) is 0.426. The van der Waals surface area contributed by atoms with Gasteiger partial charge in [-0.3, -0.25) is 4.90 Å². The summed E-state index contributed by atoms with van der Waals surface area (Å²) in [6.07, 6.45) is 7.84. The van der Waals surface area contributed by atoms with Gasteiger partial charge in [-0.05, 0) is 53.8 Å². The summed E-state index contributed by atoms with van der Waals surface area (Å²) in [6, 6.07) is 7.61. The van der Waals surface area contributed by atoms with Crippen LogP contribution in [0.4, 0.5) is 14.5 Å². The van der Waals surface area contributed by atoms with Crippen LogP contribution in [0.15, 0.2) is 48.8 Å². The standard InChI is InChI=1S/C22H22F2IN5.ClH/c1-16-17(15-27-30(16)22-21(25)5-2-6-26-22)4-3-7-28-8-10-29(11-9-28)20-13-18(23)12-19(24)14-20;/h2-6,12-15H,7-11H2,1H3;1H. The first-order valence-electron chi connectivity index (χ1n) is 9.77. The van der Waals surface area contributed by atoms with Gasteiger partial charge in [-0.25, -0.2) is 18.4 Å². The van der Waals surface area contributed by atoms with Gasteiger partial charge in [0, 0.05) is 56.2 Å². The molecule has 4 rings (SSSR count). The first kappa shape index (κ1) is 23.6. The van der Waals surface area contributed by atoms with E-state index >= 15 is 0 Å². The lowest BCUT2D eigenvalue weighted by Crippen LogP contribution is -2.46. The second kappa shape index (κ2) is 10.5. The molecule has 1 aliphatic rings. The molecule has 0 amide bonds. The Morgan fingerprint density at radius 3 is 2.48 bits per heavy atom. The molecule has 0 unspecified atom stereocenters. The number of pyridine rings is 1. The maximum absolute atomic E-state index is 13.5. The molecule has 3 aromatic rings. The minimum Gasteiger partial charge on any atom is -0.369 e. The average Bonchev–Trinajstić information content (AvgIpc) is 3.08. The molecule has 164 valence electrons. The summed E-state index contributed by atoms with van der Waals surface area (Å²) in [7, 11) is 0. The normalized spacial score (nSPS) is 14.8. The predicted octanol–water partition coefficient (Wildman–Crippen LogP) is 4.72. The van der Waals surface area contributed by atoms with Gasteiger partial charge in [-0.1, -0.05) is 12.2 Å². The third kappa shape index (κ3) is 5.61. The zero-order valence-corrected chi connectivity index (χ0v) is 20.0. The lowest BCUT2D eigenvalue weighted by Gasteiger charge is -2.35. The molecule has 1 fully saturated rings. The van der Waals surface area contributed by atoms with Crippen LogP contribution < -0.4 is 4.90 Å². The van der Waals surface area contributed by atoms with E-state index in [1.54, 1.807) is 6.20 Å². The summed E-state index contributed by atoms with van der Waals surface area (Å²) in [5.74, 6) is -0.238. The summed E-state index contributed by atoms with van der Waals surface area (Å²) in [5.41, 5.74) is 2.71. The SMILES string of the molecule is Cc1c(C=CCN2CCN(c3cc(F)cc(F)c3)CC2)cnn1-c1ncccc1I.Cl. The number of aromatic nitrogens is 3. The largest absolute Gasteiger partial charge is 0.369 e. The summed E-state index contributed by atoms with van der Waals surface area (Å²) >= 11 is 2.26. The van der Waals surface area contributed by atoms with E-state index in [4.69, 9.17) is 0 Å². The molecule has 2 aromatic heterocycles. The van der Waals surface area contributed by atoms with Crippen molar-refractivity contribution in [2.45, 2.75) is 6.92 Å². The van der Waals surface area contributed by atoms with E-state index in [2.05, 4.69) is 49.7 Å². The van der Waals surface area contributed by atoms with Crippen molar-refractivity contribution in [2.24, 2.45) is 0 Å². The molecular formula is C22H23ClF2IN5. The molecule has 0 N–H and O–H groups in total. The van der Waals surface area contributed by atoms with Crippen LogP contribution in [0.1, 0.15) is 11.3 Å². The molecule has 1 saturated heterocycles. The minimum absolute atomic E-state index is 0. The van der Waals surface area contributed by atoms with Gasteiger partial charge in [0.2, 0.25) is 0 Å². The van der Waals surface area contributed by atoms with Gasteiger partial charge in [-0.15, -0.1) is 12.4 Å². The molecule has 0 bridgehead atoms. The summed E-state index contributed by atoms with van der Waals surface area (Å²) in [6.45, 7) is 6.02. The Bertz CT molecular complexity index is 1040. The topological polar surface area (TPSA) is 37.2 Å². The zero-order chi connectivity index (χ0) is 21.1. The minimum atomic E-state index is -0.535. The number of halogens is 4. The lowest BCUT2D eigenvalue weighted by atomic mass is 10.2. The van der Waals surface area contributed by atoms with E-state index in [0.717, 1.165) is 59.4 Å². The molecule has 5 nitrogen and oxygen atoms in total. The fourth-order valence-electron chi connectivity index (χ4n) is 3.57. The van der Waals surface area contributed by atoms with Crippen LogP contribution in [0, 0.1) is 22.1 Å². The molecule has 31 heavy (non-hydrogen) atoms. The third-order valence-corrected chi connectivity index (χ3v) is 6.08. The van der Waals surface area contributed by atoms with Gasteiger partial charge >= 0.3 is 0 Å².